The number of nitrogens with zero attached hydrogens (tertiary/aromatic N) is 1. The Morgan fingerprint density at radius 3 is 2.58 bits per heavy atom. The highest BCUT2D eigenvalue weighted by Gasteiger charge is 2.34. The lowest BCUT2D eigenvalue weighted by atomic mass is 9.80. The number of carbonyl (C=O) groups excluding carboxylic acids is 1. The van der Waals surface area contributed by atoms with Crippen LogP contribution in [0.2, 0.25) is 0 Å². The van der Waals surface area contributed by atoms with E-state index >= 15 is 0 Å². The maximum Gasteiger partial charge on any atom is 0.310 e. The van der Waals surface area contributed by atoms with Gasteiger partial charge in [-0.05, 0) is 43.6 Å². The molecule has 0 aliphatic carbocycles. The molecule has 0 saturated carbocycles. The number of hydrogen-bond donors (Lipinski definition) is 0. The van der Waals surface area contributed by atoms with E-state index in [1.807, 2.05) is 7.05 Å². The summed E-state index contributed by atoms with van der Waals surface area (Å²) in [4.78, 5) is 14.0. The molecule has 2 rings (SSSR count). The topological polar surface area (TPSA) is 29.5 Å². The van der Waals surface area contributed by atoms with Crippen LogP contribution in [0.4, 0.5) is 4.39 Å². The molecule has 3 nitrogen and oxygen atoms in total. The van der Waals surface area contributed by atoms with Crippen molar-refractivity contribution in [2.24, 2.45) is 5.92 Å². The fraction of sp³-hybridized carbons (Fsp3) is 0.500. The molecule has 0 bridgehead atoms. The normalized spacial score (nSPS) is 23.5. The lowest BCUT2D eigenvalue weighted by Gasteiger charge is -2.35. The number of carbonyl (C=O) groups is 1. The van der Waals surface area contributed by atoms with Gasteiger partial charge in [0, 0.05) is 6.54 Å². The zero-order valence-corrected chi connectivity index (χ0v) is 12.8. The second kappa shape index (κ2) is 7.01. The number of halogens is 2. The molecule has 1 fully saturated rings. The van der Waals surface area contributed by atoms with Gasteiger partial charge in [0.25, 0.3) is 0 Å². The van der Waals surface area contributed by atoms with Crippen LogP contribution in [-0.4, -0.2) is 38.1 Å². The second-order valence-electron chi connectivity index (χ2n) is 4.84. The van der Waals surface area contributed by atoms with Crippen molar-refractivity contribution < 1.29 is 13.9 Å². The average Bonchev–Trinajstić information content (AvgIpc) is 2.39. The highest BCUT2D eigenvalue weighted by molar-refractivity contribution is 8.93. The van der Waals surface area contributed by atoms with Crippen LogP contribution in [0.25, 0.3) is 0 Å². The van der Waals surface area contributed by atoms with Crippen LogP contribution in [0.1, 0.15) is 17.9 Å². The highest BCUT2D eigenvalue weighted by Crippen LogP contribution is 2.33. The predicted molar refractivity (Wildman–Crippen MR) is 77.1 cm³/mol. The van der Waals surface area contributed by atoms with E-state index in [0.717, 1.165) is 18.5 Å². The Morgan fingerprint density at radius 1 is 1.37 bits per heavy atom. The number of ether oxygens (including phenoxy) is 1. The second-order valence-corrected chi connectivity index (χ2v) is 4.84. The fourth-order valence-electron chi connectivity index (χ4n) is 2.61. The van der Waals surface area contributed by atoms with Crippen LogP contribution in [0.15, 0.2) is 24.3 Å². The molecule has 2 atom stereocenters. The number of likely N-dealkylation sites (tertiary alicyclic amines) is 1. The average molecular weight is 332 g/mol. The van der Waals surface area contributed by atoms with Crippen LogP contribution in [0.3, 0.4) is 0 Å². The van der Waals surface area contributed by atoms with Crippen molar-refractivity contribution in [2.75, 3.05) is 27.2 Å². The Labute approximate surface area is 123 Å². The van der Waals surface area contributed by atoms with Gasteiger partial charge in [-0.2, -0.15) is 0 Å². The summed E-state index contributed by atoms with van der Waals surface area (Å²) < 4.78 is 17.8. The van der Waals surface area contributed by atoms with E-state index < -0.39 is 0 Å². The molecule has 0 radical (unpaired) electrons. The molecular formula is C14H19BrFNO2. The molecule has 1 saturated heterocycles. The van der Waals surface area contributed by atoms with E-state index in [2.05, 4.69) is 4.90 Å². The molecule has 5 heteroatoms. The van der Waals surface area contributed by atoms with E-state index in [0.29, 0.717) is 6.54 Å². The van der Waals surface area contributed by atoms with Crippen LogP contribution in [-0.2, 0) is 9.53 Å². The Hall–Kier alpha value is -0.940. The van der Waals surface area contributed by atoms with Gasteiger partial charge < -0.3 is 9.64 Å². The molecule has 1 aliphatic rings. The molecule has 0 aromatic heterocycles. The third kappa shape index (κ3) is 3.76. The van der Waals surface area contributed by atoms with E-state index in [1.54, 1.807) is 12.1 Å². The van der Waals surface area contributed by atoms with E-state index in [9.17, 15) is 9.18 Å². The summed E-state index contributed by atoms with van der Waals surface area (Å²) in [5.74, 6) is -0.481. The Morgan fingerprint density at radius 2 is 2.00 bits per heavy atom. The molecule has 1 aromatic rings. The summed E-state index contributed by atoms with van der Waals surface area (Å²) in [5.41, 5.74) is 1.01. The van der Waals surface area contributed by atoms with Gasteiger partial charge >= 0.3 is 5.97 Å². The molecular weight excluding hydrogens is 313 g/mol. The monoisotopic (exact) mass is 331 g/mol. The van der Waals surface area contributed by atoms with Crippen LogP contribution in [0, 0.1) is 11.7 Å². The molecule has 1 aromatic carbocycles. The van der Waals surface area contributed by atoms with Crippen molar-refractivity contribution >= 4 is 23.0 Å². The first kappa shape index (κ1) is 16.1. The summed E-state index contributed by atoms with van der Waals surface area (Å²) in [6.45, 7) is 1.63. The minimum absolute atomic E-state index is 0. The minimum Gasteiger partial charge on any atom is -0.469 e. The van der Waals surface area contributed by atoms with Crippen LogP contribution < -0.4 is 0 Å². The van der Waals surface area contributed by atoms with Crippen LogP contribution in [0.5, 0.6) is 0 Å². The van der Waals surface area contributed by atoms with Gasteiger partial charge in [0.15, 0.2) is 0 Å². The van der Waals surface area contributed by atoms with Gasteiger partial charge in [-0.15, -0.1) is 17.0 Å². The third-order valence-electron chi connectivity index (χ3n) is 3.62. The number of methoxy groups -OCH3 is 1. The molecule has 0 amide bonds. The first-order valence-electron chi connectivity index (χ1n) is 6.13. The molecule has 19 heavy (non-hydrogen) atoms. The highest BCUT2D eigenvalue weighted by atomic mass is 79.9. The molecule has 0 spiro atoms. The summed E-state index contributed by atoms with van der Waals surface area (Å²) in [5, 5.41) is 0. The molecule has 106 valence electrons. The van der Waals surface area contributed by atoms with Gasteiger partial charge in [-0.25, -0.2) is 4.39 Å². The van der Waals surface area contributed by atoms with Crippen molar-refractivity contribution in [1.29, 1.82) is 0 Å². The van der Waals surface area contributed by atoms with Crippen molar-refractivity contribution in [3.05, 3.63) is 35.6 Å². The van der Waals surface area contributed by atoms with Gasteiger partial charge in [0.2, 0.25) is 0 Å². The van der Waals surface area contributed by atoms with Gasteiger partial charge in [-0.3, -0.25) is 4.79 Å². The van der Waals surface area contributed by atoms with E-state index in [-0.39, 0.29) is 40.6 Å². The maximum atomic E-state index is 12.9. The molecule has 0 N–H and O–H groups in total. The van der Waals surface area contributed by atoms with Crippen molar-refractivity contribution in [3.63, 3.8) is 0 Å². The molecule has 1 aliphatic heterocycles. The standard InChI is InChI=1S/C14H18FNO2.BrH/c1-16-8-7-12(13(9-16)14(17)18-2)10-3-5-11(15)6-4-10;/h3-6,12-13H,7-9H2,1-2H3;1H/t12-,13+;/m0./s1. The van der Waals surface area contributed by atoms with Crippen molar-refractivity contribution in [3.8, 4) is 0 Å². The van der Waals surface area contributed by atoms with E-state index in [1.165, 1.54) is 19.2 Å². The predicted octanol–water partition coefficient (Wildman–Crippen LogP) is 2.61. The summed E-state index contributed by atoms with van der Waals surface area (Å²) >= 11 is 0. The fourth-order valence-corrected chi connectivity index (χ4v) is 2.61. The molecule has 0 unspecified atom stereocenters. The number of benzene rings is 1. The summed E-state index contributed by atoms with van der Waals surface area (Å²) in [6.07, 6.45) is 0.891. The summed E-state index contributed by atoms with van der Waals surface area (Å²) in [7, 11) is 3.41. The van der Waals surface area contributed by atoms with Gasteiger partial charge in [0.1, 0.15) is 5.82 Å². The Kier molecular flexibility index (Phi) is 5.94. The number of rotatable bonds is 2. The summed E-state index contributed by atoms with van der Waals surface area (Å²) in [6, 6.07) is 6.42. The van der Waals surface area contributed by atoms with Crippen molar-refractivity contribution in [1.82, 2.24) is 4.90 Å². The zero-order chi connectivity index (χ0) is 13.1. The van der Waals surface area contributed by atoms with Gasteiger partial charge in [0.05, 0.1) is 13.0 Å². The first-order chi connectivity index (χ1) is 8.61. The Bertz CT molecular complexity index is 424. The SMILES string of the molecule is Br.COC(=O)[C@@H]1CN(C)CC[C@H]1c1ccc(F)cc1. The quantitative estimate of drug-likeness (QED) is 0.780. The lowest BCUT2D eigenvalue weighted by Crippen LogP contribution is -2.41. The van der Waals surface area contributed by atoms with E-state index in [4.69, 9.17) is 4.74 Å². The van der Waals surface area contributed by atoms with Gasteiger partial charge in [-0.1, -0.05) is 12.1 Å². The number of piperidine rings is 1. The largest absolute Gasteiger partial charge is 0.469 e. The zero-order valence-electron chi connectivity index (χ0n) is 11.1. The number of hydrogen-bond acceptors (Lipinski definition) is 3. The Balaban J connectivity index is 0.00000180. The minimum atomic E-state index is -0.249. The first-order valence-corrected chi connectivity index (χ1v) is 6.13. The molecule has 1 heterocycles. The van der Waals surface area contributed by atoms with Crippen molar-refractivity contribution in [2.45, 2.75) is 12.3 Å². The third-order valence-corrected chi connectivity index (χ3v) is 3.62. The smallest absolute Gasteiger partial charge is 0.310 e. The van der Waals surface area contributed by atoms with Crippen LogP contribution >= 0.6 is 17.0 Å². The lowest BCUT2D eigenvalue weighted by molar-refractivity contribution is -0.148. The number of esters is 1. The maximum absolute atomic E-state index is 12.9.